The van der Waals surface area contributed by atoms with Crippen molar-refractivity contribution in [2.45, 2.75) is 33.4 Å². The molecule has 0 aromatic carbocycles. The van der Waals surface area contributed by atoms with Gasteiger partial charge in [0.25, 0.3) is 0 Å². The van der Waals surface area contributed by atoms with Crippen molar-refractivity contribution in [1.82, 2.24) is 19.3 Å². The third-order valence-corrected chi connectivity index (χ3v) is 2.78. The molecule has 2 rings (SSSR count). The molecule has 2 aromatic rings. The summed E-state index contributed by atoms with van der Waals surface area (Å²) >= 11 is 0. The van der Waals surface area contributed by atoms with E-state index in [2.05, 4.69) is 10.1 Å². The Hall–Kier alpha value is -2.11. The molecule has 2 aromatic heterocycles. The summed E-state index contributed by atoms with van der Waals surface area (Å²) < 4.78 is 3.46. The molecule has 6 heteroatoms. The normalized spacial score (nSPS) is 10.8. The molecule has 0 aliphatic rings. The average molecular weight is 247 g/mol. The van der Waals surface area contributed by atoms with Gasteiger partial charge in [0.05, 0.1) is 0 Å². The largest absolute Gasteiger partial charge is 0.382 e. The molecule has 0 bridgehead atoms. The van der Waals surface area contributed by atoms with E-state index in [1.807, 2.05) is 26.1 Å². The molecular formula is C12H17N5O. The highest BCUT2D eigenvalue weighted by Gasteiger charge is 2.03. The molecule has 2 heterocycles. The first-order valence-corrected chi connectivity index (χ1v) is 5.90. The lowest BCUT2D eigenvalue weighted by molar-refractivity contribution is 0.508. The van der Waals surface area contributed by atoms with E-state index in [4.69, 9.17) is 5.73 Å². The van der Waals surface area contributed by atoms with Crippen LogP contribution in [0.15, 0.2) is 23.1 Å². The van der Waals surface area contributed by atoms with Gasteiger partial charge in [0.2, 0.25) is 0 Å². The molecule has 0 amide bonds. The fourth-order valence-corrected chi connectivity index (χ4v) is 1.94. The Bertz CT molecular complexity index is 599. The molecular weight excluding hydrogens is 230 g/mol. The summed E-state index contributed by atoms with van der Waals surface area (Å²) in [7, 11) is 0. The second-order valence-electron chi connectivity index (χ2n) is 4.33. The summed E-state index contributed by atoms with van der Waals surface area (Å²) in [6, 6.07) is 3.66. The number of hydrogen-bond acceptors (Lipinski definition) is 4. The molecule has 6 nitrogen and oxygen atoms in total. The summed E-state index contributed by atoms with van der Waals surface area (Å²) in [4.78, 5) is 15.6. The smallest absolute Gasteiger partial charge is 0.347 e. The second-order valence-corrected chi connectivity index (χ2v) is 4.33. The first-order chi connectivity index (χ1) is 8.56. The number of nitrogen functional groups attached to an aromatic ring is 1. The van der Waals surface area contributed by atoms with E-state index in [-0.39, 0.29) is 5.69 Å². The zero-order chi connectivity index (χ0) is 13.1. The maximum atomic E-state index is 11.7. The van der Waals surface area contributed by atoms with Gasteiger partial charge in [-0.1, -0.05) is 0 Å². The third kappa shape index (κ3) is 2.77. The Labute approximate surface area is 105 Å². The number of hydrogen-bond donors (Lipinski definition) is 1. The number of rotatable bonds is 4. The van der Waals surface area contributed by atoms with Crippen molar-refractivity contribution in [3.63, 3.8) is 0 Å². The van der Waals surface area contributed by atoms with Crippen LogP contribution in [0.2, 0.25) is 0 Å². The van der Waals surface area contributed by atoms with Crippen molar-refractivity contribution in [2.24, 2.45) is 0 Å². The van der Waals surface area contributed by atoms with Gasteiger partial charge in [-0.2, -0.15) is 10.1 Å². The summed E-state index contributed by atoms with van der Waals surface area (Å²) in [5.41, 5.74) is 7.04. The fraction of sp³-hybridized carbons (Fsp3) is 0.417. The lowest BCUT2D eigenvalue weighted by Crippen LogP contribution is -2.26. The maximum absolute atomic E-state index is 11.7. The first-order valence-electron chi connectivity index (χ1n) is 5.90. The maximum Gasteiger partial charge on any atom is 0.347 e. The minimum absolute atomic E-state index is 0.188. The Kier molecular flexibility index (Phi) is 3.45. The molecule has 0 radical (unpaired) electrons. The topological polar surface area (TPSA) is 78.7 Å². The van der Waals surface area contributed by atoms with E-state index in [9.17, 15) is 4.79 Å². The van der Waals surface area contributed by atoms with E-state index < -0.39 is 0 Å². The Morgan fingerprint density at radius 2 is 2.11 bits per heavy atom. The van der Waals surface area contributed by atoms with Crippen LogP contribution in [0.1, 0.15) is 17.8 Å². The van der Waals surface area contributed by atoms with Gasteiger partial charge in [-0.25, -0.2) is 4.79 Å². The van der Waals surface area contributed by atoms with Crippen LogP contribution in [0.25, 0.3) is 0 Å². The average Bonchev–Trinajstić information content (AvgIpc) is 2.68. The molecule has 0 aliphatic carbocycles. The summed E-state index contributed by atoms with van der Waals surface area (Å²) in [5.74, 6) is 0.514. The van der Waals surface area contributed by atoms with E-state index in [0.717, 1.165) is 24.4 Å². The van der Waals surface area contributed by atoms with Crippen LogP contribution < -0.4 is 11.4 Å². The van der Waals surface area contributed by atoms with Crippen molar-refractivity contribution in [2.75, 3.05) is 5.73 Å². The van der Waals surface area contributed by atoms with Gasteiger partial charge in [-0.05, 0) is 32.4 Å². The second kappa shape index (κ2) is 5.03. The molecule has 18 heavy (non-hydrogen) atoms. The third-order valence-electron chi connectivity index (χ3n) is 2.78. The van der Waals surface area contributed by atoms with Gasteiger partial charge >= 0.3 is 5.69 Å². The highest BCUT2D eigenvalue weighted by Crippen LogP contribution is 2.01. The highest BCUT2D eigenvalue weighted by molar-refractivity contribution is 5.23. The van der Waals surface area contributed by atoms with Crippen LogP contribution in [0.5, 0.6) is 0 Å². The van der Waals surface area contributed by atoms with Crippen molar-refractivity contribution in [3.05, 3.63) is 40.2 Å². The SMILES string of the molecule is Cc1cc(C)n(CCCn2ccc(N)n2)c(=O)n1. The predicted molar refractivity (Wildman–Crippen MR) is 69.2 cm³/mol. The van der Waals surface area contributed by atoms with Gasteiger partial charge < -0.3 is 5.73 Å². The minimum atomic E-state index is -0.188. The molecule has 0 aliphatic heterocycles. The standard InChI is InChI=1S/C12H17N5O/c1-9-8-10(2)17(12(18)14-9)6-3-5-16-7-4-11(13)15-16/h4,7-8H,3,5-6H2,1-2H3,(H2,13,15). The molecule has 0 unspecified atom stereocenters. The number of aromatic nitrogens is 4. The van der Waals surface area contributed by atoms with Crippen molar-refractivity contribution in [1.29, 1.82) is 0 Å². The zero-order valence-corrected chi connectivity index (χ0v) is 10.6. The lowest BCUT2D eigenvalue weighted by atomic mass is 10.3. The van der Waals surface area contributed by atoms with Crippen LogP contribution >= 0.6 is 0 Å². The van der Waals surface area contributed by atoms with Crippen LogP contribution in [0, 0.1) is 13.8 Å². The zero-order valence-electron chi connectivity index (χ0n) is 10.6. The van der Waals surface area contributed by atoms with Gasteiger partial charge in [0.15, 0.2) is 0 Å². The summed E-state index contributed by atoms with van der Waals surface area (Å²) in [6.07, 6.45) is 2.64. The molecule has 0 fully saturated rings. The van der Waals surface area contributed by atoms with Crippen molar-refractivity contribution >= 4 is 5.82 Å². The monoisotopic (exact) mass is 247 g/mol. The Balaban J connectivity index is 2.01. The minimum Gasteiger partial charge on any atom is -0.382 e. The predicted octanol–water partition coefficient (Wildman–Crippen LogP) is 0.729. The number of anilines is 1. The number of nitrogens with zero attached hydrogens (tertiary/aromatic N) is 4. The summed E-state index contributed by atoms with van der Waals surface area (Å²) in [5, 5.41) is 4.09. The molecule has 0 saturated heterocycles. The highest BCUT2D eigenvalue weighted by atomic mass is 16.1. The Morgan fingerprint density at radius 1 is 1.33 bits per heavy atom. The number of nitrogens with two attached hydrogens (primary N) is 1. The lowest BCUT2D eigenvalue weighted by Gasteiger charge is -2.09. The van der Waals surface area contributed by atoms with Crippen molar-refractivity contribution < 1.29 is 0 Å². The Morgan fingerprint density at radius 3 is 2.72 bits per heavy atom. The van der Waals surface area contributed by atoms with E-state index in [1.165, 1.54) is 0 Å². The number of aryl methyl sites for hydroxylation is 3. The van der Waals surface area contributed by atoms with Crippen molar-refractivity contribution in [3.8, 4) is 0 Å². The van der Waals surface area contributed by atoms with Crippen LogP contribution in [0.4, 0.5) is 5.82 Å². The molecule has 0 saturated carbocycles. The quantitative estimate of drug-likeness (QED) is 0.863. The molecule has 2 N–H and O–H groups in total. The van der Waals surface area contributed by atoms with Crippen LogP contribution in [0.3, 0.4) is 0 Å². The van der Waals surface area contributed by atoms with Gasteiger partial charge in [0, 0.05) is 30.7 Å². The van der Waals surface area contributed by atoms with Gasteiger partial charge in [-0.3, -0.25) is 9.25 Å². The van der Waals surface area contributed by atoms with Gasteiger partial charge in [-0.15, -0.1) is 0 Å². The van der Waals surface area contributed by atoms with E-state index in [1.54, 1.807) is 15.3 Å². The first kappa shape index (κ1) is 12.3. The summed E-state index contributed by atoms with van der Waals surface area (Å²) in [6.45, 7) is 5.11. The van der Waals surface area contributed by atoms with E-state index in [0.29, 0.717) is 12.4 Å². The van der Waals surface area contributed by atoms with Crippen LogP contribution in [-0.4, -0.2) is 19.3 Å². The van der Waals surface area contributed by atoms with E-state index >= 15 is 0 Å². The van der Waals surface area contributed by atoms with Crippen LogP contribution in [-0.2, 0) is 13.1 Å². The van der Waals surface area contributed by atoms with Gasteiger partial charge in [0.1, 0.15) is 5.82 Å². The molecule has 0 spiro atoms. The molecule has 0 atom stereocenters. The fourth-order valence-electron chi connectivity index (χ4n) is 1.94. The molecule has 96 valence electrons.